The van der Waals surface area contributed by atoms with Crippen LogP contribution in [0.5, 0.6) is 11.5 Å². The summed E-state index contributed by atoms with van der Waals surface area (Å²) in [5, 5.41) is 0.885. The van der Waals surface area contributed by atoms with Gasteiger partial charge in [0.15, 0.2) is 5.75 Å². The predicted molar refractivity (Wildman–Crippen MR) is 102 cm³/mol. The highest BCUT2D eigenvalue weighted by Crippen LogP contribution is 2.36. The number of carbonyl (C=O) groups is 1. The lowest BCUT2D eigenvalue weighted by molar-refractivity contribution is -0.133. The van der Waals surface area contributed by atoms with Crippen molar-refractivity contribution in [2.75, 3.05) is 7.11 Å². The second-order valence-corrected chi connectivity index (χ2v) is 6.75. The summed E-state index contributed by atoms with van der Waals surface area (Å²) in [5.41, 5.74) is 3.11. The topological polar surface area (TPSA) is 40.5 Å². The lowest BCUT2D eigenvalue weighted by Crippen LogP contribution is -2.07. The zero-order chi connectivity index (χ0) is 18.0. The van der Waals surface area contributed by atoms with E-state index in [4.69, 9.17) is 9.47 Å². The van der Waals surface area contributed by atoms with E-state index < -0.39 is 0 Å². The molecule has 0 aliphatic heterocycles. The van der Waals surface area contributed by atoms with Crippen LogP contribution in [0.1, 0.15) is 24.6 Å². The molecule has 1 heterocycles. The second kappa shape index (κ2) is 7.31. The lowest BCUT2D eigenvalue weighted by Gasteiger charge is -2.09. The molecule has 0 atom stereocenters. The van der Waals surface area contributed by atoms with Crippen LogP contribution in [0, 0.1) is 6.92 Å². The smallest absolute Gasteiger partial charge is 0.310 e. The fourth-order valence-corrected chi connectivity index (χ4v) is 3.11. The molecule has 0 bridgehead atoms. The van der Waals surface area contributed by atoms with E-state index in [1.54, 1.807) is 14.0 Å². The number of hydrogen-bond donors (Lipinski definition) is 0. The van der Waals surface area contributed by atoms with Crippen LogP contribution in [-0.4, -0.2) is 17.6 Å². The van der Waals surface area contributed by atoms with E-state index >= 15 is 0 Å². The molecule has 5 heteroatoms. The Morgan fingerprint density at radius 2 is 1.88 bits per heavy atom. The summed E-state index contributed by atoms with van der Waals surface area (Å²) in [6, 6.07) is 14.1. The summed E-state index contributed by atoms with van der Waals surface area (Å²) in [4.78, 5) is 11.9. The van der Waals surface area contributed by atoms with Gasteiger partial charge in [-0.3, -0.25) is 4.79 Å². The van der Waals surface area contributed by atoms with Crippen LogP contribution in [0.25, 0.3) is 10.9 Å². The Kier molecular flexibility index (Phi) is 5.13. The van der Waals surface area contributed by atoms with Gasteiger partial charge in [0.25, 0.3) is 0 Å². The zero-order valence-corrected chi connectivity index (χ0v) is 16.1. The molecule has 3 rings (SSSR count). The van der Waals surface area contributed by atoms with E-state index in [0.29, 0.717) is 18.7 Å². The number of aromatic nitrogens is 1. The first-order valence-corrected chi connectivity index (χ1v) is 8.94. The van der Waals surface area contributed by atoms with Crippen LogP contribution in [0.15, 0.2) is 46.9 Å². The number of benzene rings is 2. The molecule has 0 N–H and O–H groups in total. The summed E-state index contributed by atoms with van der Waals surface area (Å²) in [5.74, 6) is 1.11. The molecule has 0 fully saturated rings. The van der Waals surface area contributed by atoms with Crippen molar-refractivity contribution in [1.82, 2.24) is 4.57 Å². The standard InChI is InChI=1S/C20H20BrNO3/c1-4-19(23)25-20-13(2)22(12-14-5-7-15(21)8-6-14)18-10-9-16(24-3)11-17(18)20/h5-11H,4,12H2,1-3H3. The normalized spacial score (nSPS) is 10.9. The minimum absolute atomic E-state index is 0.242. The maximum absolute atomic E-state index is 11.9. The first-order valence-electron chi connectivity index (χ1n) is 8.15. The van der Waals surface area contributed by atoms with Gasteiger partial charge in [-0.1, -0.05) is 35.0 Å². The Morgan fingerprint density at radius 3 is 2.52 bits per heavy atom. The number of fused-ring (bicyclic) bond motifs is 1. The third kappa shape index (κ3) is 3.56. The molecule has 0 saturated heterocycles. The molecular formula is C20H20BrNO3. The van der Waals surface area contributed by atoms with E-state index in [-0.39, 0.29) is 5.97 Å². The van der Waals surface area contributed by atoms with Crippen molar-refractivity contribution in [3.05, 3.63) is 58.2 Å². The van der Waals surface area contributed by atoms with Crippen molar-refractivity contribution < 1.29 is 14.3 Å². The van der Waals surface area contributed by atoms with Crippen LogP contribution < -0.4 is 9.47 Å². The molecule has 3 aromatic rings. The Hall–Kier alpha value is -2.27. The van der Waals surface area contributed by atoms with Crippen LogP contribution in [0.3, 0.4) is 0 Å². The number of ether oxygens (including phenoxy) is 2. The van der Waals surface area contributed by atoms with Crippen molar-refractivity contribution in [2.24, 2.45) is 0 Å². The van der Waals surface area contributed by atoms with Crippen molar-refractivity contribution in [3.8, 4) is 11.5 Å². The van der Waals surface area contributed by atoms with Crippen LogP contribution in [-0.2, 0) is 11.3 Å². The summed E-state index contributed by atoms with van der Waals surface area (Å²) in [7, 11) is 1.63. The highest BCUT2D eigenvalue weighted by molar-refractivity contribution is 9.10. The Balaban J connectivity index is 2.12. The highest BCUT2D eigenvalue weighted by atomic mass is 79.9. The Labute approximate surface area is 155 Å². The van der Waals surface area contributed by atoms with Gasteiger partial charge in [0.1, 0.15) is 5.75 Å². The summed E-state index contributed by atoms with van der Waals surface area (Å²) < 4.78 is 14.2. The van der Waals surface area contributed by atoms with E-state index in [1.165, 1.54) is 5.56 Å². The van der Waals surface area contributed by atoms with Crippen LogP contribution in [0.2, 0.25) is 0 Å². The van der Waals surface area contributed by atoms with Gasteiger partial charge in [-0.2, -0.15) is 0 Å². The van der Waals surface area contributed by atoms with E-state index in [9.17, 15) is 4.79 Å². The largest absolute Gasteiger partial charge is 0.497 e. The number of methoxy groups -OCH3 is 1. The summed E-state index contributed by atoms with van der Waals surface area (Å²) in [6.07, 6.45) is 0.336. The first kappa shape index (κ1) is 17.5. The highest BCUT2D eigenvalue weighted by Gasteiger charge is 2.18. The molecule has 1 aromatic heterocycles. The molecule has 25 heavy (non-hydrogen) atoms. The minimum Gasteiger partial charge on any atom is -0.497 e. The van der Waals surface area contributed by atoms with Crippen molar-refractivity contribution in [2.45, 2.75) is 26.8 Å². The van der Waals surface area contributed by atoms with E-state index in [0.717, 1.165) is 26.8 Å². The molecule has 4 nitrogen and oxygen atoms in total. The van der Waals surface area contributed by atoms with E-state index in [2.05, 4.69) is 32.6 Å². The number of carbonyl (C=O) groups excluding carboxylic acids is 1. The molecule has 0 radical (unpaired) electrons. The number of halogens is 1. The fraction of sp³-hybridized carbons (Fsp3) is 0.250. The van der Waals surface area contributed by atoms with Crippen molar-refractivity contribution in [3.63, 3.8) is 0 Å². The minimum atomic E-state index is -0.242. The molecule has 0 saturated carbocycles. The van der Waals surface area contributed by atoms with Gasteiger partial charge < -0.3 is 14.0 Å². The average Bonchev–Trinajstić information content (AvgIpc) is 2.88. The van der Waals surface area contributed by atoms with Gasteiger partial charge in [0, 0.05) is 22.8 Å². The quantitative estimate of drug-likeness (QED) is 0.559. The van der Waals surface area contributed by atoms with Gasteiger partial charge in [0.2, 0.25) is 0 Å². The predicted octanol–water partition coefficient (Wildman–Crippen LogP) is 5.08. The molecule has 0 spiro atoms. The maximum atomic E-state index is 11.9. The SMILES string of the molecule is CCC(=O)Oc1c(C)n(Cc2ccc(Br)cc2)c2ccc(OC)cc12. The monoisotopic (exact) mass is 401 g/mol. The van der Waals surface area contributed by atoms with Gasteiger partial charge in [-0.25, -0.2) is 0 Å². The fourth-order valence-electron chi connectivity index (χ4n) is 2.85. The molecule has 130 valence electrons. The molecule has 0 amide bonds. The summed E-state index contributed by atoms with van der Waals surface area (Å²) in [6.45, 7) is 4.47. The molecule has 0 aliphatic rings. The Morgan fingerprint density at radius 1 is 1.16 bits per heavy atom. The van der Waals surface area contributed by atoms with Crippen LogP contribution in [0.4, 0.5) is 0 Å². The van der Waals surface area contributed by atoms with Gasteiger partial charge in [0.05, 0.1) is 18.3 Å². The Bertz CT molecular complexity index is 913. The average molecular weight is 402 g/mol. The van der Waals surface area contributed by atoms with Crippen LogP contribution >= 0.6 is 15.9 Å². The number of esters is 1. The van der Waals surface area contributed by atoms with Crippen molar-refractivity contribution >= 4 is 32.8 Å². The van der Waals surface area contributed by atoms with Gasteiger partial charge in [-0.05, 0) is 42.8 Å². The van der Waals surface area contributed by atoms with E-state index in [1.807, 2.05) is 37.3 Å². The molecule has 2 aromatic carbocycles. The third-order valence-electron chi connectivity index (χ3n) is 4.23. The van der Waals surface area contributed by atoms with Gasteiger partial charge in [-0.15, -0.1) is 0 Å². The first-order chi connectivity index (χ1) is 12.0. The zero-order valence-electron chi connectivity index (χ0n) is 14.5. The molecular weight excluding hydrogens is 382 g/mol. The maximum Gasteiger partial charge on any atom is 0.310 e. The number of rotatable bonds is 5. The third-order valence-corrected chi connectivity index (χ3v) is 4.76. The molecule has 0 unspecified atom stereocenters. The summed E-state index contributed by atoms with van der Waals surface area (Å²) >= 11 is 3.46. The number of hydrogen-bond acceptors (Lipinski definition) is 3. The van der Waals surface area contributed by atoms with Gasteiger partial charge >= 0.3 is 5.97 Å². The molecule has 0 aliphatic carbocycles. The van der Waals surface area contributed by atoms with Crippen molar-refractivity contribution in [1.29, 1.82) is 0 Å². The number of nitrogens with zero attached hydrogens (tertiary/aromatic N) is 1. The second-order valence-electron chi connectivity index (χ2n) is 5.84. The lowest BCUT2D eigenvalue weighted by atomic mass is 10.2.